The first-order chi connectivity index (χ1) is 16.7. The number of aromatic hydroxyl groups is 1. The van der Waals surface area contributed by atoms with E-state index in [0.29, 0.717) is 24.3 Å². The van der Waals surface area contributed by atoms with E-state index in [9.17, 15) is 5.11 Å². The van der Waals surface area contributed by atoms with Crippen molar-refractivity contribution in [2.24, 2.45) is 0 Å². The lowest BCUT2D eigenvalue weighted by atomic mass is 9.78. The van der Waals surface area contributed by atoms with Crippen molar-refractivity contribution < 1.29 is 19.5 Å². The molecular weight excluding hydrogens is 440 g/mol. The van der Waals surface area contributed by atoms with Crippen LogP contribution in [0.5, 0.6) is 23.0 Å². The fourth-order valence-electron chi connectivity index (χ4n) is 3.64. The van der Waals surface area contributed by atoms with Crippen LogP contribution < -0.4 is 25.4 Å². The summed E-state index contributed by atoms with van der Waals surface area (Å²) in [6.45, 7) is 14.0. The van der Waals surface area contributed by atoms with Crippen molar-refractivity contribution in [2.45, 2.75) is 58.6 Å². The molecule has 0 amide bonds. The van der Waals surface area contributed by atoms with E-state index in [-0.39, 0.29) is 11.2 Å². The average molecular weight is 477 g/mol. The summed E-state index contributed by atoms with van der Waals surface area (Å²) in [6.07, 6.45) is 1.40. The van der Waals surface area contributed by atoms with Gasteiger partial charge in [0.1, 0.15) is 17.2 Å². The zero-order valence-corrected chi connectivity index (χ0v) is 21.2. The van der Waals surface area contributed by atoms with Gasteiger partial charge in [-0.05, 0) is 66.6 Å². The second-order valence-electron chi connectivity index (χ2n) is 9.16. The molecule has 0 unspecified atom stereocenters. The summed E-state index contributed by atoms with van der Waals surface area (Å²) in [5.41, 5.74) is 7.95. The van der Waals surface area contributed by atoms with Crippen LogP contribution in [0.2, 0.25) is 0 Å². The van der Waals surface area contributed by atoms with E-state index in [2.05, 4.69) is 57.4 Å². The highest BCUT2D eigenvalue weighted by atomic mass is 16.7. The van der Waals surface area contributed by atoms with E-state index in [1.165, 1.54) is 0 Å². The van der Waals surface area contributed by atoms with Gasteiger partial charge in [-0.25, -0.2) is 5.48 Å². The largest absolute Gasteiger partial charge is 0.508 e. The molecule has 0 radical (unpaired) electrons. The highest BCUT2D eigenvalue weighted by Gasteiger charge is 2.30. The highest BCUT2D eigenvalue weighted by molar-refractivity contribution is 5.41. The summed E-state index contributed by atoms with van der Waals surface area (Å²) in [6, 6.07) is 22.7. The van der Waals surface area contributed by atoms with E-state index in [0.717, 1.165) is 22.6 Å². The van der Waals surface area contributed by atoms with Gasteiger partial charge in [0.25, 0.3) is 0 Å². The van der Waals surface area contributed by atoms with Gasteiger partial charge >= 0.3 is 0 Å². The first kappa shape index (κ1) is 26.0. The Kier molecular flexibility index (Phi) is 8.30. The molecule has 3 N–H and O–H groups in total. The maximum Gasteiger partial charge on any atom is 0.191 e. The minimum atomic E-state index is -0.690. The van der Waals surface area contributed by atoms with E-state index in [1.807, 2.05) is 55.5 Å². The van der Waals surface area contributed by atoms with E-state index in [4.69, 9.17) is 14.4 Å². The Bertz CT molecular complexity index is 1090. The summed E-state index contributed by atoms with van der Waals surface area (Å²) >= 11 is 0. The molecular formula is C29H36N2O4. The zero-order chi connectivity index (χ0) is 25.5. The highest BCUT2D eigenvalue weighted by Crippen LogP contribution is 2.34. The van der Waals surface area contributed by atoms with Gasteiger partial charge in [-0.3, -0.25) is 0 Å². The number of nitrogens with one attached hydrogen (secondary N) is 2. The number of ether oxygens (including phenoxy) is 1. The predicted molar refractivity (Wildman–Crippen MR) is 139 cm³/mol. The van der Waals surface area contributed by atoms with Crippen LogP contribution in [0.1, 0.15) is 58.6 Å². The van der Waals surface area contributed by atoms with Gasteiger partial charge in [0, 0.05) is 24.0 Å². The van der Waals surface area contributed by atoms with Gasteiger partial charge in [-0.1, -0.05) is 58.5 Å². The third-order valence-electron chi connectivity index (χ3n) is 6.14. The summed E-state index contributed by atoms with van der Waals surface area (Å²) < 4.78 is 6.39. The van der Waals surface area contributed by atoms with Crippen molar-refractivity contribution in [3.63, 3.8) is 0 Å². The van der Waals surface area contributed by atoms with Gasteiger partial charge in [-0.15, -0.1) is 5.48 Å². The lowest BCUT2D eigenvalue weighted by Gasteiger charge is -2.33. The van der Waals surface area contributed by atoms with Gasteiger partial charge in [0.05, 0.1) is 0 Å². The molecule has 0 atom stereocenters. The molecule has 3 aromatic rings. The Labute approximate surface area is 208 Å². The molecule has 0 aliphatic carbocycles. The quantitative estimate of drug-likeness (QED) is 0.202. The first-order valence-corrected chi connectivity index (χ1v) is 11.9. The Morgan fingerprint density at radius 1 is 0.771 bits per heavy atom. The molecule has 0 aliphatic rings. The number of phenolic OH excluding ortho intramolecular Hbond substituents is 1. The number of hydroxylamine groups is 2. The topological polar surface area (TPSA) is 72.0 Å². The number of benzene rings is 3. The number of hydrogen-bond donors (Lipinski definition) is 3. The zero-order valence-electron chi connectivity index (χ0n) is 21.2. The Balaban J connectivity index is 1.67. The van der Waals surface area contributed by atoms with Gasteiger partial charge < -0.3 is 19.5 Å². The average Bonchev–Trinajstić information content (AvgIpc) is 2.86. The molecule has 0 aliphatic heterocycles. The van der Waals surface area contributed by atoms with Crippen LogP contribution in [0.25, 0.3) is 0 Å². The van der Waals surface area contributed by atoms with Crippen LogP contribution in [0.4, 0.5) is 0 Å². The number of hydrogen-bond acceptors (Lipinski definition) is 6. The monoisotopic (exact) mass is 476 g/mol. The van der Waals surface area contributed by atoms with Crippen LogP contribution in [0.15, 0.2) is 85.1 Å². The molecule has 3 rings (SSSR count). The predicted octanol–water partition coefficient (Wildman–Crippen LogP) is 6.61. The molecule has 35 heavy (non-hydrogen) atoms. The minimum Gasteiger partial charge on any atom is -0.508 e. The number of phenols is 1. The molecule has 0 spiro atoms. The van der Waals surface area contributed by atoms with Crippen molar-refractivity contribution in [2.75, 3.05) is 0 Å². The van der Waals surface area contributed by atoms with Crippen LogP contribution in [-0.4, -0.2) is 10.8 Å². The molecule has 6 nitrogen and oxygen atoms in total. The van der Waals surface area contributed by atoms with Crippen LogP contribution in [-0.2, 0) is 5.41 Å². The first-order valence-electron chi connectivity index (χ1n) is 11.9. The summed E-state index contributed by atoms with van der Waals surface area (Å²) in [5.74, 6) is 2.32. The second-order valence-corrected chi connectivity index (χ2v) is 9.16. The lowest BCUT2D eigenvalue weighted by Crippen LogP contribution is -2.51. The smallest absolute Gasteiger partial charge is 0.191 e. The van der Waals surface area contributed by atoms with Crippen molar-refractivity contribution >= 4 is 0 Å². The molecule has 0 saturated carbocycles. The Morgan fingerprint density at radius 2 is 1.23 bits per heavy atom. The Morgan fingerprint density at radius 3 is 1.71 bits per heavy atom. The summed E-state index contributed by atoms with van der Waals surface area (Å²) in [5, 5.41) is 9.61. The van der Waals surface area contributed by atoms with Crippen molar-refractivity contribution in [3.8, 4) is 23.0 Å². The van der Waals surface area contributed by atoms with E-state index >= 15 is 0 Å². The number of rotatable bonds is 12. The van der Waals surface area contributed by atoms with Crippen molar-refractivity contribution in [1.29, 1.82) is 0 Å². The minimum absolute atomic E-state index is 0.212. The molecule has 6 heteroatoms. The molecule has 0 bridgehead atoms. The number of allylic oxidation sites excluding steroid dienone is 1. The fraction of sp³-hybridized carbons (Fsp3) is 0.310. The van der Waals surface area contributed by atoms with Gasteiger partial charge in [0.15, 0.2) is 11.5 Å². The third kappa shape index (κ3) is 6.70. The molecule has 0 aromatic heterocycles. The van der Waals surface area contributed by atoms with Crippen LogP contribution >= 0.6 is 0 Å². The normalized spacial score (nSPS) is 11.6. The lowest BCUT2D eigenvalue weighted by molar-refractivity contribution is -0.0632. The molecule has 0 saturated heterocycles. The van der Waals surface area contributed by atoms with Crippen molar-refractivity contribution in [1.82, 2.24) is 11.0 Å². The second kappa shape index (κ2) is 11.2. The maximum absolute atomic E-state index is 9.61. The molecule has 0 fully saturated rings. The van der Waals surface area contributed by atoms with E-state index in [1.54, 1.807) is 12.1 Å². The molecule has 0 heterocycles. The van der Waals surface area contributed by atoms with Crippen molar-refractivity contribution in [3.05, 3.63) is 96.2 Å². The van der Waals surface area contributed by atoms with Gasteiger partial charge in [-0.2, -0.15) is 0 Å². The van der Waals surface area contributed by atoms with Crippen LogP contribution in [0, 0.1) is 0 Å². The maximum atomic E-state index is 9.61. The summed E-state index contributed by atoms with van der Waals surface area (Å²) in [4.78, 5) is 11.3. The SMILES string of the molecule is C=C(C)NOc1ccc(ONC(CC)(CC)Oc2ccc(C(C)(C)c3ccc(O)cc3)cc2)cc1. The standard InChI is InChI=1S/C29H36N2O4/c1-7-29(8-2,31-35-27-19-17-26(18-20-27)34-30-21(3)4)33-25-15-11-23(12-16-25)28(5,6)22-9-13-24(32)14-10-22/h9-20,30-32H,3,7-8H2,1-2,4-6H3. The fourth-order valence-corrected chi connectivity index (χ4v) is 3.64. The van der Waals surface area contributed by atoms with E-state index < -0.39 is 5.72 Å². The Hall–Kier alpha value is -3.64. The molecule has 186 valence electrons. The van der Waals surface area contributed by atoms with Crippen LogP contribution in [0.3, 0.4) is 0 Å². The summed E-state index contributed by atoms with van der Waals surface area (Å²) in [7, 11) is 0. The third-order valence-corrected chi connectivity index (χ3v) is 6.14. The van der Waals surface area contributed by atoms with Gasteiger partial charge in [0.2, 0.25) is 0 Å². The molecule has 3 aromatic carbocycles.